The minimum Gasteiger partial charge on any atom is -0.384 e. The number of hydrogen-bond acceptors (Lipinski definition) is 6. The quantitative estimate of drug-likeness (QED) is 0.760. The summed E-state index contributed by atoms with van der Waals surface area (Å²) in [5.74, 6) is 0.822. The van der Waals surface area contributed by atoms with Gasteiger partial charge in [-0.3, -0.25) is 0 Å². The van der Waals surface area contributed by atoms with Gasteiger partial charge in [-0.25, -0.2) is 23.1 Å². The van der Waals surface area contributed by atoms with E-state index in [1.165, 1.54) is 25.5 Å². The van der Waals surface area contributed by atoms with Crippen molar-refractivity contribution in [3.05, 3.63) is 36.7 Å². The molecule has 100 valence electrons. The first kappa shape index (κ1) is 13.2. The molecule has 0 unspecified atom stereocenters. The van der Waals surface area contributed by atoms with Crippen LogP contribution in [-0.4, -0.2) is 25.4 Å². The summed E-state index contributed by atoms with van der Waals surface area (Å²) in [5.41, 5.74) is 6.13. The molecule has 0 amide bonds. The lowest BCUT2D eigenvalue weighted by molar-refractivity contribution is 0.588. The number of nitrogens with two attached hydrogens (primary N) is 1. The molecular weight excluding hydrogens is 266 g/mol. The second-order valence-electron chi connectivity index (χ2n) is 3.69. The number of rotatable bonds is 4. The lowest BCUT2D eigenvalue weighted by atomic mass is 10.3. The normalized spacial score (nSPS) is 11.2. The number of nitrogens with zero attached hydrogens (tertiary/aromatic N) is 2. The molecule has 0 bridgehead atoms. The summed E-state index contributed by atoms with van der Waals surface area (Å²) < 4.78 is 25.6. The summed E-state index contributed by atoms with van der Waals surface area (Å²) in [5, 5.41) is 2.96. The molecule has 8 heteroatoms. The van der Waals surface area contributed by atoms with Crippen molar-refractivity contribution in [3.8, 4) is 0 Å². The van der Waals surface area contributed by atoms with Crippen LogP contribution in [0.1, 0.15) is 0 Å². The zero-order valence-corrected chi connectivity index (χ0v) is 11.0. The van der Waals surface area contributed by atoms with Crippen LogP contribution in [0.25, 0.3) is 0 Å². The van der Waals surface area contributed by atoms with E-state index in [0.717, 1.165) is 0 Å². The minimum absolute atomic E-state index is 0.169. The maximum atomic E-state index is 11.7. The number of aromatic nitrogens is 2. The molecule has 1 aromatic heterocycles. The van der Waals surface area contributed by atoms with Crippen LogP contribution in [-0.2, 0) is 10.0 Å². The van der Waals surface area contributed by atoms with E-state index in [1.54, 1.807) is 18.2 Å². The molecule has 0 aliphatic rings. The highest BCUT2D eigenvalue weighted by Crippen LogP contribution is 2.19. The van der Waals surface area contributed by atoms with Crippen LogP contribution in [0.4, 0.5) is 17.3 Å². The SMILES string of the molecule is CNS(=O)(=O)c1cccc(Nc2cc(N)ncn2)c1. The molecule has 0 atom stereocenters. The Morgan fingerprint density at radius 3 is 2.68 bits per heavy atom. The maximum absolute atomic E-state index is 11.7. The third kappa shape index (κ3) is 3.18. The van der Waals surface area contributed by atoms with Crippen LogP contribution in [0.5, 0.6) is 0 Å². The molecule has 4 N–H and O–H groups in total. The lowest BCUT2D eigenvalue weighted by Gasteiger charge is -2.08. The monoisotopic (exact) mass is 279 g/mol. The van der Waals surface area contributed by atoms with Crippen LogP contribution in [0.2, 0.25) is 0 Å². The topological polar surface area (TPSA) is 110 Å². The fraction of sp³-hybridized carbons (Fsp3) is 0.0909. The van der Waals surface area contributed by atoms with Gasteiger partial charge in [-0.1, -0.05) is 6.07 Å². The first-order valence-electron chi connectivity index (χ1n) is 5.39. The molecule has 0 fully saturated rings. The Morgan fingerprint density at radius 1 is 1.21 bits per heavy atom. The van der Waals surface area contributed by atoms with Crippen LogP contribution in [0, 0.1) is 0 Å². The largest absolute Gasteiger partial charge is 0.384 e. The summed E-state index contributed by atoms with van der Waals surface area (Å²) in [6.07, 6.45) is 1.33. The summed E-state index contributed by atoms with van der Waals surface area (Å²) in [4.78, 5) is 7.92. The number of anilines is 3. The highest BCUT2D eigenvalue weighted by atomic mass is 32.2. The van der Waals surface area contributed by atoms with Crippen molar-refractivity contribution in [2.75, 3.05) is 18.1 Å². The van der Waals surface area contributed by atoms with Gasteiger partial charge in [-0.05, 0) is 25.2 Å². The van der Waals surface area contributed by atoms with Gasteiger partial charge in [-0.2, -0.15) is 0 Å². The molecule has 19 heavy (non-hydrogen) atoms. The number of sulfonamides is 1. The number of hydrogen-bond donors (Lipinski definition) is 3. The molecule has 1 heterocycles. The van der Waals surface area contributed by atoms with Gasteiger partial charge in [-0.15, -0.1) is 0 Å². The molecule has 0 spiro atoms. The Hall–Kier alpha value is -2.19. The molecule has 0 aliphatic carbocycles. The number of benzene rings is 1. The summed E-state index contributed by atoms with van der Waals surface area (Å²) in [7, 11) is -2.11. The van der Waals surface area contributed by atoms with Crippen LogP contribution in [0.3, 0.4) is 0 Å². The van der Waals surface area contributed by atoms with Crippen molar-refractivity contribution in [3.63, 3.8) is 0 Å². The zero-order chi connectivity index (χ0) is 13.9. The van der Waals surface area contributed by atoms with Crippen LogP contribution in [0.15, 0.2) is 41.6 Å². The van der Waals surface area contributed by atoms with Gasteiger partial charge in [0.2, 0.25) is 10.0 Å². The molecule has 0 saturated carbocycles. The molecule has 2 rings (SSSR count). The van der Waals surface area contributed by atoms with Gasteiger partial charge in [0.25, 0.3) is 0 Å². The van der Waals surface area contributed by atoms with Crippen molar-refractivity contribution < 1.29 is 8.42 Å². The van der Waals surface area contributed by atoms with Gasteiger partial charge in [0.1, 0.15) is 18.0 Å². The van der Waals surface area contributed by atoms with Gasteiger partial charge >= 0.3 is 0 Å². The molecule has 0 radical (unpaired) electrons. The number of nitrogen functional groups attached to an aromatic ring is 1. The van der Waals surface area contributed by atoms with Gasteiger partial charge in [0, 0.05) is 11.8 Å². The summed E-state index contributed by atoms with van der Waals surface area (Å²) >= 11 is 0. The van der Waals surface area contributed by atoms with Gasteiger partial charge in [0.05, 0.1) is 4.90 Å². The van der Waals surface area contributed by atoms with Crippen LogP contribution >= 0.6 is 0 Å². The number of nitrogens with one attached hydrogen (secondary N) is 2. The molecule has 2 aromatic rings. The van der Waals surface area contributed by atoms with E-state index in [2.05, 4.69) is 20.0 Å². The Balaban J connectivity index is 2.30. The standard InChI is InChI=1S/C11H13N5O2S/c1-13-19(17,18)9-4-2-3-8(5-9)16-11-6-10(12)14-7-15-11/h2-7,13H,1H3,(H3,12,14,15,16). The first-order valence-corrected chi connectivity index (χ1v) is 6.88. The molecule has 7 nitrogen and oxygen atoms in total. The fourth-order valence-corrected chi connectivity index (χ4v) is 2.22. The maximum Gasteiger partial charge on any atom is 0.240 e. The van der Waals surface area contributed by atoms with Crippen molar-refractivity contribution in [1.29, 1.82) is 0 Å². The van der Waals surface area contributed by atoms with Gasteiger partial charge < -0.3 is 11.1 Å². The molecule has 0 aliphatic heterocycles. The Morgan fingerprint density at radius 2 is 2.00 bits per heavy atom. The molecule has 0 saturated heterocycles. The third-order valence-electron chi connectivity index (χ3n) is 2.37. The van der Waals surface area contributed by atoms with Crippen LogP contribution < -0.4 is 15.8 Å². The van der Waals surface area contributed by atoms with E-state index in [0.29, 0.717) is 17.3 Å². The lowest BCUT2D eigenvalue weighted by Crippen LogP contribution is -2.18. The predicted molar refractivity (Wildman–Crippen MR) is 72.4 cm³/mol. The summed E-state index contributed by atoms with van der Waals surface area (Å²) in [6.45, 7) is 0. The molecule has 1 aromatic carbocycles. The third-order valence-corrected chi connectivity index (χ3v) is 3.79. The highest BCUT2D eigenvalue weighted by Gasteiger charge is 2.11. The predicted octanol–water partition coefficient (Wildman–Crippen LogP) is 0.710. The Kier molecular flexibility index (Phi) is 3.63. The Bertz CT molecular complexity index is 687. The van der Waals surface area contributed by atoms with Crippen molar-refractivity contribution in [2.24, 2.45) is 0 Å². The van der Waals surface area contributed by atoms with E-state index in [1.807, 2.05) is 0 Å². The van der Waals surface area contributed by atoms with E-state index in [9.17, 15) is 8.42 Å². The summed E-state index contributed by atoms with van der Waals surface area (Å²) in [6, 6.07) is 7.93. The average molecular weight is 279 g/mol. The van der Waals surface area contributed by atoms with Crippen molar-refractivity contribution >= 4 is 27.3 Å². The van der Waals surface area contributed by atoms with Crippen molar-refractivity contribution in [1.82, 2.24) is 14.7 Å². The smallest absolute Gasteiger partial charge is 0.240 e. The zero-order valence-electron chi connectivity index (χ0n) is 10.2. The minimum atomic E-state index is -3.47. The van der Waals surface area contributed by atoms with E-state index in [-0.39, 0.29) is 4.90 Å². The van der Waals surface area contributed by atoms with Crippen molar-refractivity contribution in [2.45, 2.75) is 4.90 Å². The van der Waals surface area contributed by atoms with E-state index < -0.39 is 10.0 Å². The second-order valence-corrected chi connectivity index (χ2v) is 5.58. The van der Waals surface area contributed by atoms with Gasteiger partial charge in [0.15, 0.2) is 0 Å². The highest BCUT2D eigenvalue weighted by molar-refractivity contribution is 7.89. The molecular formula is C11H13N5O2S. The fourth-order valence-electron chi connectivity index (χ4n) is 1.45. The van der Waals surface area contributed by atoms with E-state index >= 15 is 0 Å². The first-order chi connectivity index (χ1) is 9.01. The Labute approximate surface area is 110 Å². The second kappa shape index (κ2) is 5.21. The average Bonchev–Trinajstić information content (AvgIpc) is 2.39. The van der Waals surface area contributed by atoms with E-state index in [4.69, 9.17) is 5.73 Å².